The zero-order valence-electron chi connectivity index (χ0n) is 19.9. The number of rotatable bonds is 6. The predicted octanol–water partition coefficient (Wildman–Crippen LogP) is 6.12. The van der Waals surface area contributed by atoms with Crippen molar-refractivity contribution < 1.29 is 27.6 Å². The van der Waals surface area contributed by atoms with E-state index >= 15 is 0 Å². The van der Waals surface area contributed by atoms with Gasteiger partial charge in [0.05, 0.1) is 11.3 Å². The van der Waals surface area contributed by atoms with E-state index in [-0.39, 0.29) is 40.4 Å². The molecule has 1 aromatic heterocycles. The molecule has 4 amide bonds. The Labute approximate surface area is 225 Å². The fourth-order valence-electron chi connectivity index (χ4n) is 4.45. The molecule has 2 aliphatic rings. The second-order valence-electron chi connectivity index (χ2n) is 8.96. The average Bonchev–Trinajstić information content (AvgIpc) is 3.66. The van der Waals surface area contributed by atoms with Crippen LogP contribution in [0, 0.1) is 0 Å². The van der Waals surface area contributed by atoms with Gasteiger partial charge in [-0.25, -0.2) is 9.69 Å². The number of imide groups is 1. The van der Waals surface area contributed by atoms with E-state index in [0.717, 1.165) is 4.90 Å². The monoisotopic (exact) mass is 560 g/mol. The molecule has 1 aliphatic carbocycles. The van der Waals surface area contributed by atoms with E-state index in [4.69, 9.17) is 11.6 Å². The summed E-state index contributed by atoms with van der Waals surface area (Å²) in [5.74, 6) is -0.785. The molecule has 0 atom stereocenters. The molecule has 196 valence electrons. The number of hydrogen-bond acceptors (Lipinski definition) is 5. The zero-order chi connectivity index (χ0) is 27.2. The van der Waals surface area contributed by atoms with Crippen molar-refractivity contribution in [3.8, 4) is 0 Å². The molecule has 12 heteroatoms. The minimum absolute atomic E-state index is 0.0128. The molecular weight excluding hydrogens is 541 g/mol. The minimum Gasteiger partial charge on any atom is -0.311 e. The van der Waals surface area contributed by atoms with Crippen LogP contribution in [0.4, 0.5) is 29.3 Å². The molecule has 1 spiro atoms. The summed E-state index contributed by atoms with van der Waals surface area (Å²) < 4.78 is 38.1. The van der Waals surface area contributed by atoms with Gasteiger partial charge in [-0.15, -0.1) is 0 Å². The van der Waals surface area contributed by atoms with Crippen LogP contribution in [0.2, 0.25) is 5.02 Å². The van der Waals surface area contributed by atoms with Crippen LogP contribution in [0.15, 0.2) is 71.9 Å². The van der Waals surface area contributed by atoms with Gasteiger partial charge in [-0.1, -0.05) is 11.6 Å². The maximum absolute atomic E-state index is 13.5. The lowest BCUT2D eigenvalue weighted by atomic mass is 10.1. The van der Waals surface area contributed by atoms with Gasteiger partial charge in [0.25, 0.3) is 11.8 Å². The average molecular weight is 561 g/mol. The normalized spacial score (nSPS) is 16.3. The van der Waals surface area contributed by atoms with E-state index in [1.165, 1.54) is 46.5 Å². The van der Waals surface area contributed by atoms with Crippen LogP contribution in [0.3, 0.4) is 0 Å². The molecular formula is C26H20ClF3N4O3S. The molecule has 3 aromatic rings. The van der Waals surface area contributed by atoms with Crippen LogP contribution in [-0.4, -0.2) is 45.8 Å². The number of hydrogen-bond donors (Lipinski definition) is 0. The highest BCUT2D eigenvalue weighted by atomic mass is 35.5. The number of anilines is 2. The maximum atomic E-state index is 13.5. The number of carbonyl (C=O) groups is 3. The summed E-state index contributed by atoms with van der Waals surface area (Å²) in [6.07, 6.45) is 3.83. The number of halogens is 4. The fraction of sp³-hybridized carbons (Fsp3) is 0.231. The first-order chi connectivity index (χ1) is 18.0. The number of pyridine rings is 1. The van der Waals surface area contributed by atoms with Crippen molar-refractivity contribution in [1.29, 1.82) is 0 Å². The lowest BCUT2D eigenvalue weighted by molar-refractivity contribution is -0.120. The highest BCUT2D eigenvalue weighted by Crippen LogP contribution is 2.50. The van der Waals surface area contributed by atoms with Crippen molar-refractivity contribution >= 4 is 52.6 Å². The molecule has 2 heterocycles. The van der Waals surface area contributed by atoms with Gasteiger partial charge in [-0.05, 0) is 84.8 Å². The Balaban J connectivity index is 1.40. The molecule has 0 bridgehead atoms. The predicted molar refractivity (Wildman–Crippen MR) is 137 cm³/mol. The molecule has 0 N–H and O–H groups in total. The van der Waals surface area contributed by atoms with Crippen LogP contribution >= 0.6 is 23.4 Å². The first-order valence-corrected chi connectivity index (χ1v) is 12.7. The first kappa shape index (κ1) is 26.1. The number of carbonyl (C=O) groups excluding carboxylic acids is 3. The molecule has 1 aliphatic heterocycles. The van der Waals surface area contributed by atoms with Crippen LogP contribution in [0.1, 0.15) is 28.8 Å². The molecule has 5 rings (SSSR count). The van der Waals surface area contributed by atoms with Crippen molar-refractivity contribution in [3.63, 3.8) is 0 Å². The van der Waals surface area contributed by atoms with Crippen molar-refractivity contribution in [2.45, 2.75) is 35.3 Å². The van der Waals surface area contributed by atoms with Crippen molar-refractivity contribution in [3.05, 3.63) is 83.1 Å². The number of amides is 4. The van der Waals surface area contributed by atoms with Gasteiger partial charge in [0, 0.05) is 41.6 Å². The Kier molecular flexibility index (Phi) is 6.60. The summed E-state index contributed by atoms with van der Waals surface area (Å²) in [5.41, 5.74) is -3.91. The third-order valence-corrected chi connectivity index (χ3v) is 7.57. The minimum atomic E-state index is -4.45. The summed E-state index contributed by atoms with van der Waals surface area (Å²) in [6, 6.07) is 12.9. The van der Waals surface area contributed by atoms with E-state index in [1.807, 2.05) is 0 Å². The number of urea groups is 1. The SMILES string of the molecule is CN(C(=O)c1cnccc1CN1C(=O)N(c2ccc(SC(F)(F)F)cc2)C(=O)C12CC2)c1ccc(Cl)cc1. The highest BCUT2D eigenvalue weighted by molar-refractivity contribution is 8.00. The molecule has 2 fully saturated rings. The lowest BCUT2D eigenvalue weighted by Crippen LogP contribution is -2.37. The van der Waals surface area contributed by atoms with Gasteiger partial charge in [0.15, 0.2) is 0 Å². The third kappa shape index (κ3) is 4.83. The van der Waals surface area contributed by atoms with Crippen LogP contribution < -0.4 is 9.80 Å². The topological polar surface area (TPSA) is 73.8 Å². The number of thioether (sulfide) groups is 1. The second kappa shape index (κ2) is 9.63. The molecule has 0 radical (unpaired) electrons. The number of aromatic nitrogens is 1. The quantitative estimate of drug-likeness (QED) is 0.268. The summed E-state index contributed by atoms with van der Waals surface area (Å²) >= 11 is 5.68. The smallest absolute Gasteiger partial charge is 0.311 e. The van der Waals surface area contributed by atoms with Crippen LogP contribution in [-0.2, 0) is 11.3 Å². The molecule has 1 saturated heterocycles. The molecule has 7 nitrogen and oxygen atoms in total. The fourth-order valence-corrected chi connectivity index (χ4v) is 5.11. The Hall–Kier alpha value is -3.57. The van der Waals surface area contributed by atoms with E-state index in [9.17, 15) is 27.6 Å². The number of benzene rings is 2. The van der Waals surface area contributed by atoms with Gasteiger partial charge >= 0.3 is 11.5 Å². The van der Waals surface area contributed by atoms with Crippen LogP contribution in [0.25, 0.3) is 0 Å². The highest BCUT2D eigenvalue weighted by Gasteiger charge is 2.65. The third-order valence-electron chi connectivity index (χ3n) is 6.58. The Bertz CT molecular complexity index is 1410. The number of nitrogens with zero attached hydrogens (tertiary/aromatic N) is 4. The maximum Gasteiger partial charge on any atom is 0.446 e. The van der Waals surface area contributed by atoms with Gasteiger partial charge in [0.2, 0.25) is 0 Å². The summed E-state index contributed by atoms with van der Waals surface area (Å²) in [5, 5.41) is 0.530. The summed E-state index contributed by atoms with van der Waals surface area (Å²) in [6.45, 7) is -0.0128. The molecule has 38 heavy (non-hydrogen) atoms. The molecule has 0 unspecified atom stereocenters. The lowest BCUT2D eigenvalue weighted by Gasteiger charge is -2.24. The van der Waals surface area contributed by atoms with Crippen molar-refractivity contribution in [2.24, 2.45) is 0 Å². The van der Waals surface area contributed by atoms with Gasteiger partial charge < -0.3 is 9.80 Å². The summed E-state index contributed by atoms with van der Waals surface area (Å²) in [4.78, 5) is 48.1. The van der Waals surface area contributed by atoms with Crippen molar-refractivity contribution in [1.82, 2.24) is 9.88 Å². The Morgan fingerprint density at radius 1 is 1.08 bits per heavy atom. The van der Waals surface area contributed by atoms with Crippen LogP contribution in [0.5, 0.6) is 0 Å². The first-order valence-electron chi connectivity index (χ1n) is 11.5. The summed E-state index contributed by atoms with van der Waals surface area (Å²) in [7, 11) is 1.61. The van der Waals surface area contributed by atoms with Gasteiger partial charge in [0.1, 0.15) is 5.54 Å². The van der Waals surface area contributed by atoms with E-state index in [2.05, 4.69) is 4.98 Å². The molecule has 2 aromatic carbocycles. The van der Waals surface area contributed by atoms with E-state index in [1.54, 1.807) is 37.4 Å². The largest absolute Gasteiger partial charge is 0.446 e. The van der Waals surface area contributed by atoms with Gasteiger partial charge in [-0.3, -0.25) is 14.6 Å². The van der Waals surface area contributed by atoms with Crippen molar-refractivity contribution in [2.75, 3.05) is 16.8 Å². The molecule has 1 saturated carbocycles. The van der Waals surface area contributed by atoms with Gasteiger partial charge in [-0.2, -0.15) is 13.2 Å². The van der Waals surface area contributed by atoms with E-state index in [0.29, 0.717) is 29.1 Å². The standard InChI is InChI=1S/C26H20ClF3N4O3S/c1-32(18-4-2-17(27)3-5-18)22(35)21-14-31-13-10-16(21)15-33-24(37)34(23(36)25(33)11-12-25)19-6-8-20(9-7-19)38-26(28,29)30/h2-10,13-14H,11-12,15H2,1H3. The Morgan fingerprint density at radius 3 is 2.34 bits per heavy atom. The number of alkyl halides is 3. The van der Waals surface area contributed by atoms with E-state index < -0.39 is 23.0 Å². The zero-order valence-corrected chi connectivity index (χ0v) is 21.5. The second-order valence-corrected chi connectivity index (χ2v) is 10.5. The Morgan fingerprint density at radius 2 is 1.74 bits per heavy atom.